The van der Waals surface area contributed by atoms with E-state index in [0.717, 1.165) is 11.4 Å². The Balaban J connectivity index is 2.85. The number of methoxy groups -OCH3 is 1. The minimum absolute atomic E-state index is 0.295. The number of likely N-dealkylation sites (N-methyl/N-ethyl adjacent to an activating group) is 1. The lowest BCUT2D eigenvalue weighted by atomic mass is 10.2. The van der Waals surface area contributed by atoms with Crippen LogP contribution >= 0.6 is 0 Å². The Labute approximate surface area is 101 Å². The Hall–Kier alpha value is -1.40. The molecule has 1 aromatic rings. The van der Waals surface area contributed by atoms with Crippen molar-refractivity contribution < 1.29 is 9.84 Å². The van der Waals surface area contributed by atoms with Gasteiger partial charge in [-0.15, -0.1) is 0 Å². The Morgan fingerprint density at radius 2 is 2.06 bits per heavy atom. The van der Waals surface area contributed by atoms with Crippen LogP contribution in [0.3, 0.4) is 0 Å². The second-order valence-corrected chi connectivity index (χ2v) is 4.09. The molecule has 0 aliphatic heterocycles. The van der Waals surface area contributed by atoms with Crippen LogP contribution in [0.1, 0.15) is 11.4 Å². The number of aliphatic hydroxyl groups excluding tert-OH is 1. The fourth-order valence-corrected chi connectivity index (χ4v) is 1.65. The summed E-state index contributed by atoms with van der Waals surface area (Å²) < 4.78 is 4.88. The van der Waals surface area contributed by atoms with Crippen LogP contribution in [-0.4, -0.2) is 48.5 Å². The Morgan fingerprint density at radius 3 is 2.65 bits per heavy atom. The van der Waals surface area contributed by atoms with Gasteiger partial charge in [0, 0.05) is 26.3 Å². The van der Waals surface area contributed by atoms with Crippen LogP contribution in [0.5, 0.6) is 0 Å². The molecule has 17 heavy (non-hydrogen) atoms. The van der Waals surface area contributed by atoms with Gasteiger partial charge >= 0.3 is 0 Å². The van der Waals surface area contributed by atoms with E-state index in [1.54, 1.807) is 14.0 Å². The molecule has 1 atom stereocenters. The fraction of sp³-hybridized carbons (Fsp3) is 0.636. The second-order valence-electron chi connectivity index (χ2n) is 4.09. The lowest BCUT2D eigenvalue weighted by Crippen LogP contribution is -2.33. The van der Waals surface area contributed by atoms with Crippen LogP contribution in [-0.2, 0) is 4.74 Å². The summed E-state index contributed by atoms with van der Waals surface area (Å²) in [6.07, 6.45) is -0.555. The maximum Gasteiger partial charge on any atom is 0.137 e. The number of anilines is 2. The van der Waals surface area contributed by atoms with Gasteiger partial charge in [0.15, 0.2) is 0 Å². The summed E-state index contributed by atoms with van der Waals surface area (Å²) >= 11 is 0. The highest BCUT2D eigenvalue weighted by molar-refractivity contribution is 5.56. The first-order valence-electron chi connectivity index (χ1n) is 5.44. The first-order valence-corrected chi connectivity index (χ1v) is 5.44. The standard InChI is InChI=1S/C11H20N4O2/c1-7-10(12)13-8(2)14-11(7)15(3)5-9(16)6-17-4/h9,16H,5-6H2,1-4H3,(H2,12,13,14). The van der Waals surface area contributed by atoms with Crippen LogP contribution in [0.4, 0.5) is 11.6 Å². The third kappa shape index (κ3) is 3.54. The van der Waals surface area contributed by atoms with E-state index in [2.05, 4.69) is 9.97 Å². The number of hydrogen-bond donors (Lipinski definition) is 2. The second kappa shape index (κ2) is 5.79. The van der Waals surface area contributed by atoms with Gasteiger partial charge in [0.1, 0.15) is 17.5 Å². The summed E-state index contributed by atoms with van der Waals surface area (Å²) in [5, 5.41) is 9.67. The van der Waals surface area contributed by atoms with Crippen molar-refractivity contribution in [3.8, 4) is 0 Å². The third-order valence-corrected chi connectivity index (χ3v) is 2.47. The van der Waals surface area contributed by atoms with Crippen LogP contribution in [0, 0.1) is 13.8 Å². The number of rotatable bonds is 5. The zero-order valence-electron chi connectivity index (χ0n) is 10.8. The molecule has 6 heteroatoms. The van der Waals surface area contributed by atoms with Crippen molar-refractivity contribution in [1.29, 1.82) is 0 Å². The highest BCUT2D eigenvalue weighted by atomic mass is 16.5. The highest BCUT2D eigenvalue weighted by Crippen LogP contribution is 2.20. The molecule has 0 amide bonds. The molecular formula is C11H20N4O2. The maximum absolute atomic E-state index is 9.67. The van der Waals surface area contributed by atoms with Gasteiger partial charge in [-0.25, -0.2) is 9.97 Å². The largest absolute Gasteiger partial charge is 0.389 e. The molecule has 0 aliphatic rings. The van der Waals surface area contributed by atoms with E-state index in [1.165, 1.54) is 0 Å². The van der Waals surface area contributed by atoms with E-state index in [1.807, 2.05) is 18.9 Å². The van der Waals surface area contributed by atoms with Gasteiger partial charge in [0.25, 0.3) is 0 Å². The summed E-state index contributed by atoms with van der Waals surface area (Å²) in [5.74, 6) is 1.84. The molecule has 0 spiro atoms. The molecule has 1 heterocycles. The van der Waals surface area contributed by atoms with E-state index in [9.17, 15) is 5.11 Å². The number of aromatic nitrogens is 2. The zero-order chi connectivity index (χ0) is 13.0. The highest BCUT2D eigenvalue weighted by Gasteiger charge is 2.14. The van der Waals surface area contributed by atoms with Gasteiger partial charge in [0.2, 0.25) is 0 Å². The van der Waals surface area contributed by atoms with Gasteiger partial charge in [-0.05, 0) is 13.8 Å². The Morgan fingerprint density at radius 1 is 1.41 bits per heavy atom. The van der Waals surface area contributed by atoms with E-state index >= 15 is 0 Å². The van der Waals surface area contributed by atoms with Gasteiger partial charge in [0.05, 0.1) is 12.7 Å². The van der Waals surface area contributed by atoms with Crippen molar-refractivity contribution in [2.24, 2.45) is 0 Å². The van der Waals surface area contributed by atoms with Gasteiger partial charge in [-0.3, -0.25) is 0 Å². The number of nitrogens with two attached hydrogens (primary N) is 1. The van der Waals surface area contributed by atoms with Gasteiger partial charge < -0.3 is 20.5 Å². The summed E-state index contributed by atoms with van der Waals surface area (Å²) in [5.41, 5.74) is 6.61. The molecule has 0 saturated heterocycles. The molecule has 0 aliphatic carbocycles. The number of ether oxygens (including phenoxy) is 1. The minimum Gasteiger partial charge on any atom is -0.389 e. The molecule has 1 unspecified atom stereocenters. The topological polar surface area (TPSA) is 84.5 Å². The van der Waals surface area contributed by atoms with Crippen molar-refractivity contribution in [2.45, 2.75) is 20.0 Å². The quantitative estimate of drug-likeness (QED) is 0.760. The Kier molecular flexibility index (Phi) is 4.65. The number of hydrogen-bond acceptors (Lipinski definition) is 6. The minimum atomic E-state index is -0.555. The molecule has 96 valence electrons. The number of nitrogen functional groups attached to an aromatic ring is 1. The SMILES string of the molecule is COCC(O)CN(C)c1nc(C)nc(N)c1C. The van der Waals surface area contributed by atoms with E-state index in [0.29, 0.717) is 24.8 Å². The van der Waals surface area contributed by atoms with Crippen molar-refractivity contribution in [2.75, 3.05) is 37.9 Å². The maximum atomic E-state index is 9.67. The van der Waals surface area contributed by atoms with Crippen LogP contribution in [0.25, 0.3) is 0 Å². The fourth-order valence-electron chi connectivity index (χ4n) is 1.65. The summed E-state index contributed by atoms with van der Waals surface area (Å²) in [6.45, 7) is 4.38. The molecule has 0 fully saturated rings. The Bertz CT molecular complexity index is 384. The van der Waals surface area contributed by atoms with Gasteiger partial charge in [-0.1, -0.05) is 0 Å². The predicted molar refractivity (Wildman–Crippen MR) is 67.1 cm³/mol. The summed E-state index contributed by atoms with van der Waals surface area (Å²) in [4.78, 5) is 10.3. The number of nitrogens with zero attached hydrogens (tertiary/aromatic N) is 3. The monoisotopic (exact) mass is 240 g/mol. The van der Waals surface area contributed by atoms with Crippen LogP contribution < -0.4 is 10.6 Å². The van der Waals surface area contributed by atoms with Crippen molar-refractivity contribution in [1.82, 2.24) is 9.97 Å². The molecular weight excluding hydrogens is 220 g/mol. The molecule has 0 aromatic carbocycles. The van der Waals surface area contributed by atoms with Crippen LogP contribution in [0.15, 0.2) is 0 Å². The first-order chi connectivity index (χ1) is 7.95. The molecule has 1 aromatic heterocycles. The van der Waals surface area contributed by atoms with E-state index < -0.39 is 6.10 Å². The average molecular weight is 240 g/mol. The molecule has 3 N–H and O–H groups in total. The van der Waals surface area contributed by atoms with Gasteiger partial charge in [-0.2, -0.15) is 0 Å². The number of aliphatic hydroxyl groups is 1. The molecule has 0 radical (unpaired) electrons. The molecule has 0 saturated carbocycles. The molecule has 0 bridgehead atoms. The average Bonchev–Trinajstić information content (AvgIpc) is 2.23. The first kappa shape index (κ1) is 13.7. The van der Waals surface area contributed by atoms with E-state index in [4.69, 9.17) is 10.5 Å². The smallest absolute Gasteiger partial charge is 0.137 e. The zero-order valence-corrected chi connectivity index (χ0v) is 10.8. The third-order valence-electron chi connectivity index (χ3n) is 2.47. The van der Waals surface area contributed by atoms with Crippen LogP contribution in [0.2, 0.25) is 0 Å². The number of aryl methyl sites for hydroxylation is 1. The normalized spacial score (nSPS) is 12.5. The molecule has 1 rings (SSSR count). The summed E-state index contributed by atoms with van der Waals surface area (Å²) in [7, 11) is 3.41. The van der Waals surface area contributed by atoms with Crippen molar-refractivity contribution in [3.63, 3.8) is 0 Å². The van der Waals surface area contributed by atoms with E-state index in [-0.39, 0.29) is 0 Å². The van der Waals surface area contributed by atoms with Crippen molar-refractivity contribution >= 4 is 11.6 Å². The van der Waals surface area contributed by atoms with Crippen molar-refractivity contribution in [3.05, 3.63) is 11.4 Å². The predicted octanol–water partition coefficient (Wildman–Crippen LogP) is 0.119. The molecule has 6 nitrogen and oxygen atoms in total. The summed E-state index contributed by atoms with van der Waals surface area (Å²) in [6, 6.07) is 0. The lowest BCUT2D eigenvalue weighted by Gasteiger charge is -2.23. The lowest BCUT2D eigenvalue weighted by molar-refractivity contribution is 0.0694.